The van der Waals surface area contributed by atoms with E-state index in [2.05, 4.69) is 19.9 Å². The third kappa shape index (κ3) is 6.70. The van der Waals surface area contributed by atoms with Crippen molar-refractivity contribution in [1.82, 2.24) is 19.9 Å². The van der Waals surface area contributed by atoms with Gasteiger partial charge in [0, 0.05) is 7.11 Å². The van der Waals surface area contributed by atoms with Crippen molar-refractivity contribution in [2.45, 2.75) is 47.8 Å². The molecule has 2 aromatic rings. The van der Waals surface area contributed by atoms with E-state index in [4.69, 9.17) is 14.2 Å². The Bertz CT molecular complexity index is 1020. The minimum atomic E-state index is -4.87. The molecule has 2 rings (SSSR count). The van der Waals surface area contributed by atoms with E-state index in [-0.39, 0.29) is 36.0 Å². The lowest BCUT2D eigenvalue weighted by Gasteiger charge is -2.27. The predicted molar refractivity (Wildman–Crippen MR) is 117 cm³/mol. The lowest BCUT2D eigenvalue weighted by molar-refractivity contribution is -0.202. The molecule has 0 fully saturated rings. The third-order valence-electron chi connectivity index (χ3n) is 4.21. The Hall–Kier alpha value is -2.60. The Kier molecular flexibility index (Phi) is 7.85. The first kappa shape index (κ1) is 26.7. The van der Waals surface area contributed by atoms with E-state index in [9.17, 15) is 23.9 Å². The molecule has 13 nitrogen and oxygen atoms in total. The average Bonchev–Trinajstić information content (AvgIpc) is 3.13. The predicted octanol–water partition coefficient (Wildman–Crippen LogP) is 2.08. The van der Waals surface area contributed by atoms with Gasteiger partial charge in [0.2, 0.25) is 5.82 Å². The average molecular weight is 487 g/mol. The second kappa shape index (κ2) is 9.72. The molecule has 0 unspecified atom stereocenters. The number of fused-ring (bicyclic) bond motifs is 1. The quantitative estimate of drug-likeness (QED) is 0.281. The van der Waals surface area contributed by atoms with Gasteiger partial charge in [0.05, 0.1) is 30.3 Å². The van der Waals surface area contributed by atoms with Crippen LogP contribution >= 0.6 is 7.75 Å². The lowest BCUT2D eigenvalue weighted by Crippen LogP contribution is -2.32. The van der Waals surface area contributed by atoms with Crippen molar-refractivity contribution in [3.8, 4) is 0 Å². The van der Waals surface area contributed by atoms with Crippen LogP contribution in [-0.4, -0.2) is 61.9 Å². The number of ether oxygens (including phenoxy) is 3. The van der Waals surface area contributed by atoms with Gasteiger partial charge in [-0.25, -0.2) is 19.5 Å². The first-order chi connectivity index (χ1) is 15.1. The summed E-state index contributed by atoms with van der Waals surface area (Å²) in [6, 6.07) is 0. The number of anilines is 1. The number of hydrogen-bond donors (Lipinski definition) is 3. The molecular weight excluding hydrogens is 457 g/mol. The van der Waals surface area contributed by atoms with Gasteiger partial charge in [-0.05, 0) is 41.5 Å². The Balaban J connectivity index is 2.65. The molecule has 0 aliphatic carbocycles. The molecule has 184 valence electrons. The van der Waals surface area contributed by atoms with Crippen molar-refractivity contribution >= 4 is 36.7 Å². The molecule has 0 bridgehead atoms. The molecule has 0 saturated heterocycles. The van der Waals surface area contributed by atoms with Crippen LogP contribution in [0.1, 0.15) is 53.7 Å². The maximum Gasteiger partial charge on any atom is 0.431 e. The van der Waals surface area contributed by atoms with Gasteiger partial charge in [0.1, 0.15) is 5.52 Å². The Labute approximate surface area is 191 Å². The summed E-state index contributed by atoms with van der Waals surface area (Å²) in [6.45, 7) is 9.43. The smallest absolute Gasteiger partial charge is 0.417 e. The summed E-state index contributed by atoms with van der Waals surface area (Å²) in [5, 5.41) is 0. The number of rotatable bonds is 8. The topological polar surface area (TPSA) is 177 Å². The molecule has 0 aliphatic heterocycles. The first-order valence-corrected chi connectivity index (χ1v) is 11.6. The van der Waals surface area contributed by atoms with Gasteiger partial charge < -0.3 is 29.0 Å². The summed E-state index contributed by atoms with van der Waals surface area (Å²) >= 11 is 0. The molecule has 2 heterocycles. The molecule has 0 spiro atoms. The van der Waals surface area contributed by atoms with Crippen LogP contribution in [0.2, 0.25) is 0 Å². The zero-order valence-corrected chi connectivity index (χ0v) is 20.5. The normalized spacial score (nSPS) is 12.8. The fourth-order valence-corrected chi connectivity index (χ4v) is 3.07. The Morgan fingerprint density at radius 1 is 1.09 bits per heavy atom. The number of esters is 2. The van der Waals surface area contributed by atoms with Crippen molar-refractivity contribution in [2.75, 3.05) is 24.9 Å². The second-order valence-electron chi connectivity index (χ2n) is 9.28. The van der Waals surface area contributed by atoms with E-state index in [1.165, 1.54) is 13.4 Å². The molecular formula is C19H30N5O8P. The largest absolute Gasteiger partial charge is 0.431 e. The highest BCUT2D eigenvalue weighted by Crippen LogP contribution is 2.44. The van der Waals surface area contributed by atoms with Crippen molar-refractivity contribution < 1.29 is 38.2 Å². The van der Waals surface area contributed by atoms with Crippen LogP contribution in [0.15, 0.2) is 6.33 Å². The molecule has 3 N–H and O–H groups in total. The van der Waals surface area contributed by atoms with Crippen LogP contribution in [-0.2, 0) is 28.4 Å². The Morgan fingerprint density at radius 3 is 2.09 bits per heavy atom. The number of aromatic nitrogens is 4. The summed E-state index contributed by atoms with van der Waals surface area (Å²) in [5.74, 6) is -1.93. The van der Waals surface area contributed by atoms with Crippen LogP contribution in [0.3, 0.4) is 0 Å². The van der Waals surface area contributed by atoms with Gasteiger partial charge in [-0.3, -0.25) is 14.3 Å². The molecule has 0 aromatic carbocycles. The fourth-order valence-electron chi connectivity index (χ4n) is 2.34. The molecule has 0 amide bonds. The number of H-pyrrole nitrogens is 1. The summed E-state index contributed by atoms with van der Waals surface area (Å²) in [4.78, 5) is 60.1. The fraction of sp³-hybridized carbons (Fsp3) is 0.632. The molecule has 14 heteroatoms. The van der Waals surface area contributed by atoms with E-state index >= 15 is 0 Å². The molecule has 0 radical (unpaired) electrons. The van der Waals surface area contributed by atoms with Gasteiger partial charge in [-0.15, -0.1) is 0 Å². The summed E-state index contributed by atoms with van der Waals surface area (Å²) in [7, 11) is -3.49. The molecule has 33 heavy (non-hydrogen) atoms. The van der Waals surface area contributed by atoms with E-state index in [1.54, 1.807) is 41.5 Å². The van der Waals surface area contributed by atoms with Crippen molar-refractivity contribution in [2.24, 2.45) is 10.8 Å². The highest BCUT2D eigenvalue weighted by molar-refractivity contribution is 7.53. The number of hydrogen-bond acceptors (Lipinski definition) is 9. The number of aromatic amines is 1. The second-order valence-corrected chi connectivity index (χ2v) is 10.8. The van der Waals surface area contributed by atoms with Gasteiger partial charge in [-0.1, -0.05) is 0 Å². The van der Waals surface area contributed by atoms with Crippen LogP contribution in [0.5, 0.6) is 0 Å². The summed E-state index contributed by atoms with van der Waals surface area (Å²) in [6.07, 6.45) is -0.414. The minimum absolute atomic E-state index is 0.0227. The van der Waals surface area contributed by atoms with Crippen molar-refractivity contribution in [1.29, 1.82) is 0 Å². The number of imidazole rings is 1. The van der Waals surface area contributed by atoms with E-state index in [0.29, 0.717) is 4.67 Å². The third-order valence-corrected chi connectivity index (χ3v) is 5.23. The zero-order valence-electron chi connectivity index (χ0n) is 19.6. The van der Waals surface area contributed by atoms with E-state index in [1.807, 2.05) is 0 Å². The van der Waals surface area contributed by atoms with Gasteiger partial charge in [0.15, 0.2) is 11.5 Å². The molecule has 0 saturated carbocycles. The van der Waals surface area contributed by atoms with Crippen LogP contribution in [0, 0.1) is 10.8 Å². The van der Waals surface area contributed by atoms with Crippen LogP contribution in [0.25, 0.3) is 11.2 Å². The molecule has 2 aromatic heterocycles. The highest BCUT2D eigenvalue weighted by atomic mass is 31.2. The summed E-state index contributed by atoms with van der Waals surface area (Å²) in [5.41, 5.74) is -1.74. The zero-order chi connectivity index (χ0) is 25.2. The number of carbonyl (C=O) groups is 2. The highest BCUT2D eigenvalue weighted by Gasteiger charge is 2.36. The van der Waals surface area contributed by atoms with E-state index in [0.717, 1.165) is 0 Å². The number of methoxy groups -OCH3 is 1. The van der Waals surface area contributed by atoms with Gasteiger partial charge >= 0.3 is 26.0 Å². The standard InChI is InChI=1S/C19H30N5O8P/c1-18(2,3)16(25)31-15(32-17(26)19(4,5)6)13-22-12-11(20-10-21-12)14(23-13)24(8-9-30-7)33(27,28)29/h10,15H,8-9H2,1-7H3,(H2,27,28,29)(H,20,21,22,23). The van der Waals surface area contributed by atoms with Gasteiger partial charge in [-0.2, -0.15) is 0 Å². The van der Waals surface area contributed by atoms with Crippen molar-refractivity contribution in [3.63, 3.8) is 0 Å². The monoisotopic (exact) mass is 487 g/mol. The van der Waals surface area contributed by atoms with E-state index < -0.39 is 36.8 Å². The summed E-state index contributed by atoms with van der Waals surface area (Å²) < 4.78 is 28.7. The maximum atomic E-state index is 12.6. The minimum Gasteiger partial charge on any atom is -0.417 e. The number of nitrogens with one attached hydrogen (secondary N) is 1. The van der Waals surface area contributed by atoms with Crippen molar-refractivity contribution in [3.05, 3.63) is 12.2 Å². The number of nitrogens with zero attached hydrogens (tertiary/aromatic N) is 4. The Morgan fingerprint density at radius 2 is 1.64 bits per heavy atom. The lowest BCUT2D eigenvalue weighted by atomic mass is 9.97. The van der Waals surface area contributed by atoms with Crippen LogP contribution in [0.4, 0.5) is 5.82 Å². The first-order valence-electron chi connectivity index (χ1n) is 10.0. The van der Waals surface area contributed by atoms with Gasteiger partial charge in [0.25, 0.3) is 0 Å². The SMILES string of the molecule is COCCN(c1nc(C(OC(=O)C(C)(C)C)OC(=O)C(C)(C)C)nc2nc[nH]c12)P(=O)(O)O. The maximum absolute atomic E-state index is 12.6. The molecule has 0 atom stereocenters. The van der Waals surface area contributed by atoms with Crippen LogP contribution < -0.4 is 4.67 Å². The number of carbonyl (C=O) groups excluding carboxylic acids is 2. The molecule has 0 aliphatic rings.